The number of carbonyl (C=O) groups excluding carboxylic acids is 1. The fraction of sp³-hybridized carbons (Fsp3) is 0.231. The van der Waals surface area contributed by atoms with Crippen molar-refractivity contribution in [1.29, 1.82) is 0 Å². The topological polar surface area (TPSA) is 72.9 Å². The molecule has 0 aliphatic carbocycles. The highest BCUT2D eigenvalue weighted by molar-refractivity contribution is 9.10. The van der Waals surface area contributed by atoms with Gasteiger partial charge in [-0.05, 0) is 24.6 Å². The first-order chi connectivity index (χ1) is 9.10. The zero-order valence-electron chi connectivity index (χ0n) is 10.6. The summed E-state index contributed by atoms with van der Waals surface area (Å²) < 4.78 is 2.62. The lowest BCUT2D eigenvalue weighted by Gasteiger charge is -2.04. The Morgan fingerprint density at radius 2 is 2.32 bits per heavy atom. The minimum atomic E-state index is -0.260. The maximum atomic E-state index is 12.0. The van der Waals surface area contributed by atoms with Crippen molar-refractivity contribution in [2.24, 2.45) is 0 Å². The molecule has 0 saturated carbocycles. The third-order valence-corrected chi connectivity index (χ3v) is 3.16. The van der Waals surface area contributed by atoms with Crippen LogP contribution in [0.3, 0.4) is 0 Å². The van der Waals surface area contributed by atoms with Gasteiger partial charge in [-0.15, -0.1) is 0 Å². The Morgan fingerprint density at radius 3 is 2.95 bits per heavy atom. The Labute approximate surface area is 119 Å². The minimum absolute atomic E-state index is 0.260. The predicted molar refractivity (Wildman–Crippen MR) is 77.6 cm³/mol. The zero-order valence-corrected chi connectivity index (χ0v) is 12.1. The second-order valence-corrected chi connectivity index (χ2v) is 5.02. The largest absolute Gasteiger partial charge is 0.396 e. The van der Waals surface area contributed by atoms with Crippen LogP contribution in [0, 0.1) is 0 Å². The number of aromatic nitrogens is 2. The summed E-state index contributed by atoms with van der Waals surface area (Å²) in [6.07, 6.45) is 1.66. The van der Waals surface area contributed by atoms with Crippen LogP contribution in [0.15, 0.2) is 34.9 Å². The Kier molecular flexibility index (Phi) is 4.21. The Balaban J connectivity index is 2.03. The van der Waals surface area contributed by atoms with Crippen LogP contribution in [-0.2, 0) is 13.1 Å². The van der Waals surface area contributed by atoms with Crippen molar-refractivity contribution >= 4 is 27.5 Å². The maximum absolute atomic E-state index is 12.0. The Morgan fingerprint density at radius 1 is 1.53 bits per heavy atom. The average molecular weight is 323 g/mol. The molecule has 0 radical (unpaired) electrons. The number of carbonyl (C=O) groups is 1. The number of nitrogens with one attached hydrogen (secondary N) is 1. The van der Waals surface area contributed by atoms with E-state index < -0.39 is 0 Å². The van der Waals surface area contributed by atoms with Crippen LogP contribution < -0.4 is 11.1 Å². The molecule has 1 aromatic carbocycles. The molecule has 0 atom stereocenters. The zero-order chi connectivity index (χ0) is 13.8. The fourth-order valence-electron chi connectivity index (χ4n) is 1.69. The molecule has 2 aromatic rings. The molecule has 2 rings (SSSR count). The molecule has 0 saturated heterocycles. The smallest absolute Gasteiger partial charge is 0.274 e. The molecule has 0 aliphatic heterocycles. The summed E-state index contributed by atoms with van der Waals surface area (Å²) in [5, 5.41) is 6.93. The van der Waals surface area contributed by atoms with Crippen molar-refractivity contribution in [3.8, 4) is 0 Å². The highest BCUT2D eigenvalue weighted by Gasteiger charge is 2.13. The summed E-state index contributed by atoms with van der Waals surface area (Å²) in [7, 11) is 0. The van der Waals surface area contributed by atoms with Crippen LogP contribution in [0.1, 0.15) is 23.0 Å². The molecule has 0 bridgehead atoms. The van der Waals surface area contributed by atoms with E-state index in [0.29, 0.717) is 18.8 Å². The third kappa shape index (κ3) is 3.35. The van der Waals surface area contributed by atoms with Crippen LogP contribution in [0.2, 0.25) is 0 Å². The molecule has 100 valence electrons. The number of hydrogen-bond donors (Lipinski definition) is 2. The lowest BCUT2D eigenvalue weighted by atomic mass is 10.2. The molecule has 3 N–H and O–H groups in total. The highest BCUT2D eigenvalue weighted by atomic mass is 79.9. The van der Waals surface area contributed by atoms with E-state index >= 15 is 0 Å². The van der Waals surface area contributed by atoms with E-state index in [2.05, 4.69) is 26.3 Å². The molecule has 19 heavy (non-hydrogen) atoms. The number of amides is 1. The van der Waals surface area contributed by atoms with E-state index in [0.717, 1.165) is 10.0 Å². The van der Waals surface area contributed by atoms with Gasteiger partial charge in [0.05, 0.1) is 5.69 Å². The summed E-state index contributed by atoms with van der Waals surface area (Å²) in [6, 6.07) is 7.76. The van der Waals surface area contributed by atoms with Crippen LogP contribution in [0.4, 0.5) is 5.69 Å². The second-order valence-electron chi connectivity index (χ2n) is 4.10. The van der Waals surface area contributed by atoms with Gasteiger partial charge in [0.2, 0.25) is 0 Å². The van der Waals surface area contributed by atoms with Crippen molar-refractivity contribution < 1.29 is 4.79 Å². The number of benzene rings is 1. The predicted octanol–water partition coefficient (Wildman–Crippen LogP) is 2.18. The van der Waals surface area contributed by atoms with E-state index in [9.17, 15) is 4.79 Å². The normalized spacial score (nSPS) is 10.4. The number of hydrogen-bond acceptors (Lipinski definition) is 3. The van der Waals surface area contributed by atoms with Gasteiger partial charge in [0, 0.05) is 23.8 Å². The van der Waals surface area contributed by atoms with Crippen LogP contribution in [-0.4, -0.2) is 15.7 Å². The van der Waals surface area contributed by atoms with Crippen molar-refractivity contribution in [2.75, 3.05) is 5.73 Å². The molecule has 0 unspecified atom stereocenters. The number of nitrogens with two attached hydrogens (primary N) is 1. The number of halogens is 1. The summed E-state index contributed by atoms with van der Waals surface area (Å²) in [6.45, 7) is 3.06. The van der Waals surface area contributed by atoms with Gasteiger partial charge in [0.15, 0.2) is 5.69 Å². The lowest BCUT2D eigenvalue weighted by molar-refractivity contribution is 0.0946. The Hall–Kier alpha value is -1.82. The molecular weight excluding hydrogens is 308 g/mol. The first kappa shape index (κ1) is 13.6. The van der Waals surface area contributed by atoms with Crippen molar-refractivity contribution in [3.63, 3.8) is 0 Å². The SMILES string of the molecule is CCn1cc(N)c(C(=O)NCc2cccc(Br)c2)n1. The monoisotopic (exact) mass is 322 g/mol. The van der Waals surface area contributed by atoms with Gasteiger partial charge in [-0.3, -0.25) is 9.48 Å². The average Bonchev–Trinajstić information content (AvgIpc) is 2.77. The summed E-state index contributed by atoms with van der Waals surface area (Å²) in [4.78, 5) is 12.0. The highest BCUT2D eigenvalue weighted by Crippen LogP contribution is 2.12. The molecule has 1 amide bonds. The van der Waals surface area contributed by atoms with Gasteiger partial charge >= 0.3 is 0 Å². The summed E-state index contributed by atoms with van der Waals surface area (Å²) in [5.74, 6) is -0.260. The van der Waals surface area contributed by atoms with E-state index in [1.54, 1.807) is 10.9 Å². The number of nitrogen functional groups attached to an aromatic ring is 1. The van der Waals surface area contributed by atoms with Gasteiger partial charge < -0.3 is 11.1 Å². The fourth-order valence-corrected chi connectivity index (χ4v) is 2.13. The van der Waals surface area contributed by atoms with Crippen LogP contribution in [0.25, 0.3) is 0 Å². The molecule has 0 spiro atoms. The molecular formula is C13H15BrN4O. The van der Waals surface area contributed by atoms with Gasteiger partial charge in [0.25, 0.3) is 5.91 Å². The number of anilines is 1. The molecule has 1 aromatic heterocycles. The van der Waals surface area contributed by atoms with Gasteiger partial charge in [-0.2, -0.15) is 5.10 Å². The number of nitrogens with zero attached hydrogens (tertiary/aromatic N) is 2. The first-order valence-electron chi connectivity index (χ1n) is 5.95. The number of rotatable bonds is 4. The molecule has 0 fully saturated rings. The van der Waals surface area contributed by atoms with E-state index in [1.165, 1.54) is 0 Å². The third-order valence-electron chi connectivity index (χ3n) is 2.67. The van der Waals surface area contributed by atoms with Crippen LogP contribution >= 0.6 is 15.9 Å². The molecule has 1 heterocycles. The Bertz CT molecular complexity index is 594. The van der Waals surface area contributed by atoms with Crippen molar-refractivity contribution in [3.05, 3.63) is 46.2 Å². The van der Waals surface area contributed by atoms with Gasteiger partial charge in [-0.1, -0.05) is 28.1 Å². The van der Waals surface area contributed by atoms with E-state index in [4.69, 9.17) is 5.73 Å². The minimum Gasteiger partial charge on any atom is -0.396 e. The quantitative estimate of drug-likeness (QED) is 0.906. The van der Waals surface area contributed by atoms with E-state index in [-0.39, 0.29) is 11.6 Å². The standard InChI is InChI=1S/C13H15BrN4O/c1-2-18-8-11(15)12(17-18)13(19)16-7-9-4-3-5-10(14)6-9/h3-6,8H,2,7,15H2,1H3,(H,16,19). The second kappa shape index (κ2) is 5.88. The summed E-state index contributed by atoms with van der Waals surface area (Å²) in [5.41, 5.74) is 7.44. The number of aryl methyl sites for hydroxylation is 1. The lowest BCUT2D eigenvalue weighted by Crippen LogP contribution is -2.24. The first-order valence-corrected chi connectivity index (χ1v) is 6.75. The maximum Gasteiger partial charge on any atom is 0.274 e. The van der Waals surface area contributed by atoms with Gasteiger partial charge in [-0.25, -0.2) is 0 Å². The molecule has 0 aliphatic rings. The van der Waals surface area contributed by atoms with Crippen LogP contribution in [0.5, 0.6) is 0 Å². The van der Waals surface area contributed by atoms with E-state index in [1.807, 2.05) is 31.2 Å². The van der Waals surface area contributed by atoms with Crippen molar-refractivity contribution in [1.82, 2.24) is 15.1 Å². The summed E-state index contributed by atoms with van der Waals surface area (Å²) >= 11 is 3.39. The van der Waals surface area contributed by atoms with Crippen molar-refractivity contribution in [2.45, 2.75) is 20.0 Å². The molecule has 6 heteroatoms. The van der Waals surface area contributed by atoms with Gasteiger partial charge in [0.1, 0.15) is 0 Å². The molecule has 5 nitrogen and oxygen atoms in total.